The fourth-order valence-electron chi connectivity index (χ4n) is 3.16. The predicted molar refractivity (Wildman–Crippen MR) is 88.8 cm³/mol. The van der Waals surface area contributed by atoms with E-state index in [0.717, 1.165) is 24.8 Å². The molecule has 0 N–H and O–H groups in total. The first-order valence-corrected chi connectivity index (χ1v) is 7.91. The smallest absolute Gasteiger partial charge is 0.0720 e. The van der Waals surface area contributed by atoms with Crippen molar-refractivity contribution < 1.29 is 4.74 Å². The van der Waals surface area contributed by atoms with Gasteiger partial charge in [0.15, 0.2) is 0 Å². The first-order chi connectivity index (χ1) is 10.9. The first kappa shape index (κ1) is 13.5. The Morgan fingerprint density at radius 2 is 1.82 bits per heavy atom. The Labute approximate surface area is 130 Å². The van der Waals surface area contributed by atoms with Gasteiger partial charge in [-0.3, -0.25) is 4.98 Å². The summed E-state index contributed by atoms with van der Waals surface area (Å²) in [6.45, 7) is 0.689. The molecule has 1 atom stereocenters. The van der Waals surface area contributed by atoms with Crippen LogP contribution in [-0.4, -0.2) is 11.1 Å². The Morgan fingerprint density at radius 3 is 2.73 bits per heavy atom. The second-order valence-corrected chi connectivity index (χ2v) is 5.95. The van der Waals surface area contributed by atoms with Gasteiger partial charge in [0.2, 0.25) is 0 Å². The lowest BCUT2D eigenvalue weighted by Crippen LogP contribution is -2.23. The summed E-state index contributed by atoms with van der Waals surface area (Å²) < 4.78 is 6.10. The molecule has 0 fully saturated rings. The third kappa shape index (κ3) is 2.75. The maximum Gasteiger partial charge on any atom is 0.0720 e. The molecule has 2 aromatic carbocycles. The van der Waals surface area contributed by atoms with Gasteiger partial charge in [0.05, 0.1) is 18.2 Å². The molecule has 1 aromatic heterocycles. The minimum atomic E-state index is 0.279. The molecule has 110 valence electrons. The molecule has 1 unspecified atom stereocenters. The van der Waals surface area contributed by atoms with Crippen LogP contribution in [0.25, 0.3) is 10.9 Å². The van der Waals surface area contributed by atoms with Gasteiger partial charge >= 0.3 is 0 Å². The Bertz CT molecular complexity index is 782. The van der Waals surface area contributed by atoms with Crippen LogP contribution in [0.3, 0.4) is 0 Å². The van der Waals surface area contributed by atoms with Gasteiger partial charge in [0.1, 0.15) is 0 Å². The second kappa shape index (κ2) is 5.90. The number of benzene rings is 2. The second-order valence-electron chi connectivity index (χ2n) is 5.95. The summed E-state index contributed by atoms with van der Waals surface area (Å²) in [5, 5.41) is 1.24. The Balaban J connectivity index is 1.50. The van der Waals surface area contributed by atoms with Crippen molar-refractivity contribution in [2.24, 2.45) is 0 Å². The van der Waals surface area contributed by atoms with Gasteiger partial charge < -0.3 is 4.74 Å². The van der Waals surface area contributed by atoms with Gasteiger partial charge in [0, 0.05) is 17.5 Å². The molecular weight excluding hydrogens is 270 g/mol. The van der Waals surface area contributed by atoms with E-state index in [2.05, 4.69) is 48.5 Å². The number of rotatable bonds is 3. The third-order valence-electron chi connectivity index (χ3n) is 4.38. The van der Waals surface area contributed by atoms with Crippen molar-refractivity contribution in [1.29, 1.82) is 0 Å². The Morgan fingerprint density at radius 1 is 1.00 bits per heavy atom. The van der Waals surface area contributed by atoms with Crippen LogP contribution in [0, 0.1) is 0 Å². The van der Waals surface area contributed by atoms with E-state index in [1.165, 1.54) is 22.2 Å². The van der Waals surface area contributed by atoms with Crippen LogP contribution in [0.4, 0.5) is 0 Å². The molecule has 1 heterocycles. The zero-order valence-electron chi connectivity index (χ0n) is 12.5. The largest absolute Gasteiger partial charge is 0.373 e. The summed E-state index contributed by atoms with van der Waals surface area (Å²) in [6, 6.07) is 21.0. The molecule has 1 aliphatic rings. The zero-order chi connectivity index (χ0) is 14.8. The number of aromatic nitrogens is 1. The van der Waals surface area contributed by atoms with Crippen molar-refractivity contribution in [2.45, 2.75) is 32.0 Å². The quantitative estimate of drug-likeness (QED) is 0.717. The van der Waals surface area contributed by atoms with Crippen LogP contribution < -0.4 is 0 Å². The molecule has 22 heavy (non-hydrogen) atoms. The summed E-state index contributed by atoms with van der Waals surface area (Å²) in [6.07, 6.45) is 3.35. The zero-order valence-corrected chi connectivity index (χ0v) is 12.5. The number of aryl methyl sites for hydroxylation is 1. The summed E-state index contributed by atoms with van der Waals surface area (Å²) in [5.74, 6) is 0. The molecule has 2 heteroatoms. The number of para-hydroxylation sites is 1. The van der Waals surface area contributed by atoms with Crippen molar-refractivity contribution in [1.82, 2.24) is 4.98 Å². The highest BCUT2D eigenvalue weighted by molar-refractivity contribution is 5.79. The summed E-state index contributed by atoms with van der Waals surface area (Å²) >= 11 is 0. The summed E-state index contributed by atoms with van der Waals surface area (Å²) in [5.41, 5.74) is 4.92. The molecule has 0 aliphatic heterocycles. The van der Waals surface area contributed by atoms with Gasteiger partial charge in [-0.15, -0.1) is 0 Å². The Hall–Kier alpha value is -2.19. The molecule has 0 radical (unpaired) electrons. The molecule has 0 saturated heterocycles. The maximum atomic E-state index is 6.10. The molecule has 3 aromatic rings. The Kier molecular flexibility index (Phi) is 3.61. The van der Waals surface area contributed by atoms with Crippen LogP contribution in [0.5, 0.6) is 0 Å². The number of hydrogen-bond donors (Lipinski definition) is 0. The minimum Gasteiger partial charge on any atom is -0.373 e. The lowest BCUT2D eigenvalue weighted by atomic mass is 9.92. The highest BCUT2D eigenvalue weighted by Gasteiger charge is 2.20. The van der Waals surface area contributed by atoms with Gasteiger partial charge in [-0.1, -0.05) is 48.5 Å². The van der Waals surface area contributed by atoms with E-state index in [1.807, 2.05) is 12.1 Å². The van der Waals surface area contributed by atoms with E-state index in [0.29, 0.717) is 6.61 Å². The molecule has 0 amide bonds. The molecule has 0 saturated carbocycles. The number of nitrogens with zero attached hydrogens (tertiary/aromatic N) is 1. The van der Waals surface area contributed by atoms with E-state index >= 15 is 0 Å². The van der Waals surface area contributed by atoms with Crippen molar-refractivity contribution in [3.05, 3.63) is 77.5 Å². The van der Waals surface area contributed by atoms with E-state index in [1.54, 1.807) is 0 Å². The van der Waals surface area contributed by atoms with Crippen molar-refractivity contribution in [2.75, 3.05) is 0 Å². The topological polar surface area (TPSA) is 22.1 Å². The monoisotopic (exact) mass is 289 g/mol. The van der Waals surface area contributed by atoms with E-state index in [4.69, 9.17) is 9.72 Å². The van der Waals surface area contributed by atoms with Crippen LogP contribution >= 0.6 is 0 Å². The van der Waals surface area contributed by atoms with Crippen molar-refractivity contribution in [3.63, 3.8) is 0 Å². The lowest BCUT2D eigenvalue weighted by molar-refractivity contribution is 0.0312. The first-order valence-electron chi connectivity index (χ1n) is 7.91. The van der Waals surface area contributed by atoms with E-state index < -0.39 is 0 Å². The van der Waals surface area contributed by atoms with E-state index in [9.17, 15) is 0 Å². The fourth-order valence-corrected chi connectivity index (χ4v) is 3.16. The average molecular weight is 289 g/mol. The van der Waals surface area contributed by atoms with Gasteiger partial charge in [-0.2, -0.15) is 0 Å². The van der Waals surface area contributed by atoms with Gasteiger partial charge in [0.25, 0.3) is 0 Å². The lowest BCUT2D eigenvalue weighted by Gasteiger charge is -2.24. The van der Waals surface area contributed by atoms with Crippen molar-refractivity contribution >= 4 is 10.9 Å². The molecule has 0 spiro atoms. The highest BCUT2D eigenvalue weighted by Crippen LogP contribution is 2.26. The molecule has 4 rings (SSSR count). The SMILES string of the molecule is c1ccc(COC2CCc3cc4ccccc4nc3C2)cc1. The average Bonchev–Trinajstić information content (AvgIpc) is 2.59. The number of pyridine rings is 1. The number of ether oxygens (including phenoxy) is 1. The number of hydrogen-bond acceptors (Lipinski definition) is 2. The standard InChI is InChI=1S/C20H19NO/c1-2-6-15(7-3-1)14-22-18-11-10-17-12-16-8-4-5-9-19(16)21-20(17)13-18/h1-9,12,18H,10-11,13-14H2. The molecule has 1 aliphatic carbocycles. The van der Waals surface area contributed by atoms with Gasteiger partial charge in [-0.05, 0) is 36.1 Å². The van der Waals surface area contributed by atoms with Crippen LogP contribution in [0.1, 0.15) is 23.2 Å². The molecule has 2 nitrogen and oxygen atoms in total. The normalized spacial score (nSPS) is 17.4. The third-order valence-corrected chi connectivity index (χ3v) is 4.38. The van der Waals surface area contributed by atoms with Crippen LogP contribution in [-0.2, 0) is 24.2 Å². The molecule has 0 bridgehead atoms. The summed E-state index contributed by atoms with van der Waals surface area (Å²) in [4.78, 5) is 4.84. The predicted octanol–water partition coefficient (Wildman–Crippen LogP) is 4.31. The number of fused-ring (bicyclic) bond motifs is 2. The van der Waals surface area contributed by atoms with Crippen LogP contribution in [0.15, 0.2) is 60.7 Å². The van der Waals surface area contributed by atoms with Crippen molar-refractivity contribution in [3.8, 4) is 0 Å². The maximum absolute atomic E-state index is 6.10. The molecular formula is C20H19NO. The summed E-state index contributed by atoms with van der Waals surface area (Å²) in [7, 11) is 0. The minimum absolute atomic E-state index is 0.279. The highest BCUT2D eigenvalue weighted by atomic mass is 16.5. The fraction of sp³-hybridized carbons (Fsp3) is 0.250. The van der Waals surface area contributed by atoms with E-state index in [-0.39, 0.29) is 6.10 Å². The van der Waals surface area contributed by atoms with Crippen LogP contribution in [0.2, 0.25) is 0 Å². The van der Waals surface area contributed by atoms with Gasteiger partial charge in [-0.25, -0.2) is 0 Å².